The number of hydrogen-bond acceptors (Lipinski definition) is 2. The predicted octanol–water partition coefficient (Wildman–Crippen LogP) is 2.68. The van der Waals surface area contributed by atoms with Crippen molar-refractivity contribution < 1.29 is 9.53 Å². The molecule has 1 atom stereocenters. The summed E-state index contributed by atoms with van der Waals surface area (Å²) < 4.78 is 5.11. The highest BCUT2D eigenvalue weighted by Crippen LogP contribution is 2.03. The first-order valence-corrected chi connectivity index (χ1v) is 4.49. The Hall–Kier alpha value is -0.790. The molecule has 0 fully saturated rings. The topological polar surface area (TPSA) is 26.3 Å². The lowest BCUT2D eigenvalue weighted by Crippen LogP contribution is -2.14. The second-order valence-electron chi connectivity index (χ2n) is 2.92. The van der Waals surface area contributed by atoms with Gasteiger partial charge in [0.05, 0.1) is 6.10 Å². The van der Waals surface area contributed by atoms with Crippen molar-refractivity contribution >= 4 is 5.97 Å². The van der Waals surface area contributed by atoms with Crippen molar-refractivity contribution in [1.82, 2.24) is 0 Å². The van der Waals surface area contributed by atoms with Crippen molar-refractivity contribution in [2.75, 3.05) is 0 Å². The van der Waals surface area contributed by atoms with Gasteiger partial charge in [0.2, 0.25) is 0 Å². The minimum absolute atomic E-state index is 0.0257. The van der Waals surface area contributed by atoms with E-state index in [9.17, 15) is 4.79 Å². The Morgan fingerprint density at radius 2 is 2.08 bits per heavy atom. The fourth-order valence-corrected chi connectivity index (χ4v) is 0.749. The fourth-order valence-electron chi connectivity index (χ4n) is 0.749. The SMILES string of the molecule is CC/C=C(/C)C(=O)OC(C)CC. The van der Waals surface area contributed by atoms with Gasteiger partial charge in [0.25, 0.3) is 0 Å². The second-order valence-corrected chi connectivity index (χ2v) is 2.92. The zero-order valence-corrected chi connectivity index (χ0v) is 8.39. The number of carbonyl (C=O) groups excluding carboxylic acids is 1. The molecule has 0 N–H and O–H groups in total. The Kier molecular flexibility index (Phi) is 5.43. The molecule has 0 saturated heterocycles. The van der Waals surface area contributed by atoms with Crippen molar-refractivity contribution in [3.8, 4) is 0 Å². The van der Waals surface area contributed by atoms with Gasteiger partial charge in [0.15, 0.2) is 0 Å². The van der Waals surface area contributed by atoms with E-state index in [-0.39, 0.29) is 12.1 Å². The van der Waals surface area contributed by atoms with Crippen molar-refractivity contribution in [3.63, 3.8) is 0 Å². The van der Waals surface area contributed by atoms with Crippen LogP contribution in [0.1, 0.15) is 40.5 Å². The number of ether oxygens (including phenoxy) is 1. The molecular weight excluding hydrogens is 152 g/mol. The van der Waals surface area contributed by atoms with Gasteiger partial charge in [0.1, 0.15) is 0 Å². The molecule has 12 heavy (non-hydrogen) atoms. The lowest BCUT2D eigenvalue weighted by Gasteiger charge is -2.10. The average Bonchev–Trinajstić information content (AvgIpc) is 2.04. The van der Waals surface area contributed by atoms with E-state index in [0.717, 1.165) is 12.8 Å². The molecule has 0 spiro atoms. The molecule has 0 amide bonds. The highest BCUT2D eigenvalue weighted by atomic mass is 16.5. The van der Waals surface area contributed by atoms with Crippen LogP contribution in [0.5, 0.6) is 0 Å². The standard InChI is InChI=1S/C10H18O2/c1-5-7-8(3)10(11)12-9(4)6-2/h7,9H,5-6H2,1-4H3/b8-7-. The summed E-state index contributed by atoms with van der Waals surface area (Å²) in [7, 11) is 0. The van der Waals surface area contributed by atoms with E-state index >= 15 is 0 Å². The predicted molar refractivity (Wildman–Crippen MR) is 49.9 cm³/mol. The molecule has 0 aliphatic heterocycles. The molecule has 70 valence electrons. The van der Waals surface area contributed by atoms with Gasteiger partial charge < -0.3 is 4.74 Å². The number of rotatable bonds is 4. The summed E-state index contributed by atoms with van der Waals surface area (Å²) in [4.78, 5) is 11.2. The number of esters is 1. The maximum absolute atomic E-state index is 11.2. The minimum atomic E-state index is -0.189. The first-order valence-electron chi connectivity index (χ1n) is 4.49. The van der Waals surface area contributed by atoms with Crippen LogP contribution in [-0.2, 0) is 9.53 Å². The molecule has 0 saturated carbocycles. The summed E-state index contributed by atoms with van der Waals surface area (Å²) in [5, 5.41) is 0. The minimum Gasteiger partial charge on any atom is -0.459 e. The number of carbonyl (C=O) groups is 1. The van der Waals surface area contributed by atoms with E-state index in [1.54, 1.807) is 6.92 Å². The van der Waals surface area contributed by atoms with Crippen LogP contribution in [0.2, 0.25) is 0 Å². The van der Waals surface area contributed by atoms with Gasteiger partial charge in [0, 0.05) is 5.57 Å². The Morgan fingerprint density at radius 3 is 2.50 bits per heavy atom. The molecule has 0 aromatic heterocycles. The summed E-state index contributed by atoms with van der Waals surface area (Å²) in [6, 6.07) is 0. The van der Waals surface area contributed by atoms with Crippen LogP contribution in [0.25, 0.3) is 0 Å². The third-order valence-corrected chi connectivity index (χ3v) is 1.72. The summed E-state index contributed by atoms with van der Waals surface area (Å²) in [6.07, 6.45) is 3.65. The van der Waals surface area contributed by atoms with Crippen LogP contribution in [0, 0.1) is 0 Å². The molecule has 0 aromatic carbocycles. The average molecular weight is 170 g/mol. The third-order valence-electron chi connectivity index (χ3n) is 1.72. The molecule has 0 bridgehead atoms. The van der Waals surface area contributed by atoms with Gasteiger partial charge in [-0.2, -0.15) is 0 Å². The van der Waals surface area contributed by atoms with Crippen LogP contribution >= 0.6 is 0 Å². The van der Waals surface area contributed by atoms with Crippen molar-refractivity contribution in [1.29, 1.82) is 0 Å². The summed E-state index contributed by atoms with van der Waals surface area (Å²) >= 11 is 0. The van der Waals surface area contributed by atoms with Crippen LogP contribution in [0.15, 0.2) is 11.6 Å². The summed E-state index contributed by atoms with van der Waals surface area (Å²) in [5.74, 6) is -0.189. The highest BCUT2D eigenvalue weighted by molar-refractivity contribution is 5.87. The van der Waals surface area contributed by atoms with Crippen molar-refractivity contribution in [2.45, 2.75) is 46.6 Å². The third kappa shape index (κ3) is 4.16. The Bertz CT molecular complexity index is 171. The lowest BCUT2D eigenvalue weighted by atomic mass is 10.2. The molecule has 2 heteroatoms. The molecule has 0 rings (SSSR count). The maximum Gasteiger partial charge on any atom is 0.333 e. The molecule has 0 heterocycles. The molecular formula is C10H18O2. The molecule has 0 aromatic rings. The fraction of sp³-hybridized carbons (Fsp3) is 0.700. The van der Waals surface area contributed by atoms with Gasteiger partial charge in [-0.1, -0.05) is 19.9 Å². The zero-order chi connectivity index (χ0) is 9.56. The Balaban J connectivity index is 3.95. The molecule has 1 unspecified atom stereocenters. The first kappa shape index (κ1) is 11.2. The number of hydrogen-bond donors (Lipinski definition) is 0. The van der Waals surface area contributed by atoms with E-state index in [1.807, 2.05) is 26.8 Å². The van der Waals surface area contributed by atoms with E-state index in [4.69, 9.17) is 4.74 Å². The van der Waals surface area contributed by atoms with Crippen LogP contribution in [0.3, 0.4) is 0 Å². The van der Waals surface area contributed by atoms with Crippen LogP contribution in [0.4, 0.5) is 0 Å². The zero-order valence-electron chi connectivity index (χ0n) is 8.39. The van der Waals surface area contributed by atoms with Gasteiger partial charge in [-0.3, -0.25) is 0 Å². The maximum atomic E-state index is 11.2. The molecule has 0 aliphatic rings. The molecule has 0 aliphatic carbocycles. The van der Waals surface area contributed by atoms with Crippen molar-refractivity contribution in [2.24, 2.45) is 0 Å². The largest absolute Gasteiger partial charge is 0.459 e. The van der Waals surface area contributed by atoms with E-state index < -0.39 is 0 Å². The molecule has 2 nitrogen and oxygen atoms in total. The number of allylic oxidation sites excluding steroid dienone is 1. The van der Waals surface area contributed by atoms with E-state index in [1.165, 1.54) is 0 Å². The van der Waals surface area contributed by atoms with Gasteiger partial charge in [-0.15, -0.1) is 0 Å². The second kappa shape index (κ2) is 5.81. The normalized spacial score (nSPS) is 14.2. The van der Waals surface area contributed by atoms with E-state index in [0.29, 0.717) is 5.57 Å². The Morgan fingerprint density at radius 1 is 1.50 bits per heavy atom. The summed E-state index contributed by atoms with van der Waals surface area (Å²) in [6.45, 7) is 7.68. The Labute approximate surface area is 74.6 Å². The van der Waals surface area contributed by atoms with Crippen LogP contribution in [-0.4, -0.2) is 12.1 Å². The van der Waals surface area contributed by atoms with Gasteiger partial charge >= 0.3 is 5.97 Å². The monoisotopic (exact) mass is 170 g/mol. The quantitative estimate of drug-likeness (QED) is 0.479. The first-order chi connectivity index (χ1) is 5.61. The highest BCUT2D eigenvalue weighted by Gasteiger charge is 2.08. The smallest absolute Gasteiger partial charge is 0.333 e. The van der Waals surface area contributed by atoms with Gasteiger partial charge in [-0.05, 0) is 26.7 Å². The summed E-state index contributed by atoms with van der Waals surface area (Å²) in [5.41, 5.74) is 0.706. The molecule has 0 radical (unpaired) electrons. The van der Waals surface area contributed by atoms with Crippen LogP contribution < -0.4 is 0 Å². The lowest BCUT2D eigenvalue weighted by molar-refractivity contribution is -0.143. The van der Waals surface area contributed by atoms with Crippen molar-refractivity contribution in [3.05, 3.63) is 11.6 Å². The van der Waals surface area contributed by atoms with Gasteiger partial charge in [-0.25, -0.2) is 4.79 Å². The van der Waals surface area contributed by atoms with E-state index in [2.05, 4.69) is 0 Å².